The first-order chi connectivity index (χ1) is 9.85. The van der Waals surface area contributed by atoms with Gasteiger partial charge in [-0.1, -0.05) is 6.42 Å². The van der Waals surface area contributed by atoms with Crippen LogP contribution in [0.2, 0.25) is 0 Å². The van der Waals surface area contributed by atoms with E-state index in [1.165, 1.54) is 0 Å². The summed E-state index contributed by atoms with van der Waals surface area (Å²) in [5.74, 6) is 0.404. The van der Waals surface area contributed by atoms with Crippen molar-refractivity contribution in [2.75, 3.05) is 19.8 Å². The first-order valence-corrected chi connectivity index (χ1v) is 8.18. The fraction of sp³-hybridized carbons (Fsp3) is 0.938. The van der Waals surface area contributed by atoms with Crippen LogP contribution in [-0.4, -0.2) is 48.4 Å². The van der Waals surface area contributed by atoms with E-state index in [2.05, 4.69) is 0 Å². The Morgan fingerprint density at radius 2 is 2.14 bits per heavy atom. The lowest BCUT2D eigenvalue weighted by molar-refractivity contribution is -0.101. The predicted octanol–water partition coefficient (Wildman–Crippen LogP) is 2.14. The first-order valence-electron chi connectivity index (χ1n) is 8.18. The quantitative estimate of drug-likeness (QED) is 0.744. The van der Waals surface area contributed by atoms with Crippen molar-refractivity contribution in [2.45, 2.75) is 64.1 Å². The van der Waals surface area contributed by atoms with Gasteiger partial charge in [0, 0.05) is 30.7 Å². The Labute approximate surface area is 127 Å². The van der Waals surface area contributed by atoms with Crippen molar-refractivity contribution in [3.05, 3.63) is 0 Å². The van der Waals surface area contributed by atoms with Crippen molar-refractivity contribution in [2.24, 2.45) is 17.1 Å². The Morgan fingerprint density at radius 3 is 2.76 bits per heavy atom. The molecule has 0 bridgehead atoms. The molecule has 5 heteroatoms. The smallest absolute Gasteiger partial charge is 0.410 e. The molecule has 0 radical (unpaired) electrons. The molecule has 2 saturated heterocycles. The van der Waals surface area contributed by atoms with Gasteiger partial charge in [-0.15, -0.1) is 0 Å². The van der Waals surface area contributed by atoms with Gasteiger partial charge in [-0.3, -0.25) is 0 Å². The fourth-order valence-electron chi connectivity index (χ4n) is 4.43. The van der Waals surface area contributed by atoms with Gasteiger partial charge in [0.15, 0.2) is 0 Å². The van der Waals surface area contributed by atoms with E-state index in [1.807, 2.05) is 25.7 Å². The third kappa shape index (κ3) is 2.44. The third-order valence-electron chi connectivity index (χ3n) is 5.35. The monoisotopic (exact) mass is 296 g/mol. The molecule has 0 aromatic rings. The Hall–Kier alpha value is -0.810. The molecule has 1 aliphatic carbocycles. The summed E-state index contributed by atoms with van der Waals surface area (Å²) in [5, 5.41) is 0. The summed E-state index contributed by atoms with van der Waals surface area (Å²) in [6.45, 7) is 7.99. The number of carbonyl (C=O) groups is 1. The van der Waals surface area contributed by atoms with Crippen molar-refractivity contribution in [3.8, 4) is 0 Å². The minimum atomic E-state index is -0.454. The fourth-order valence-corrected chi connectivity index (χ4v) is 4.43. The molecule has 2 heterocycles. The van der Waals surface area contributed by atoms with Crippen molar-refractivity contribution in [1.82, 2.24) is 4.90 Å². The summed E-state index contributed by atoms with van der Waals surface area (Å²) in [4.78, 5) is 14.6. The van der Waals surface area contributed by atoms with E-state index in [-0.39, 0.29) is 23.6 Å². The van der Waals surface area contributed by atoms with Crippen LogP contribution in [0.25, 0.3) is 0 Å². The molecule has 4 unspecified atom stereocenters. The van der Waals surface area contributed by atoms with E-state index in [9.17, 15) is 4.79 Å². The molecule has 1 spiro atoms. The number of hydrogen-bond donors (Lipinski definition) is 1. The molecule has 120 valence electrons. The molecular weight excluding hydrogens is 268 g/mol. The van der Waals surface area contributed by atoms with Gasteiger partial charge in [0.05, 0.1) is 6.61 Å². The minimum Gasteiger partial charge on any atom is -0.444 e. The van der Waals surface area contributed by atoms with Gasteiger partial charge < -0.3 is 20.1 Å². The number of likely N-dealkylation sites (tertiary alicyclic amines) is 1. The Bertz CT molecular complexity index is 412. The largest absolute Gasteiger partial charge is 0.444 e. The van der Waals surface area contributed by atoms with Crippen LogP contribution < -0.4 is 5.73 Å². The molecule has 2 N–H and O–H groups in total. The van der Waals surface area contributed by atoms with Crippen LogP contribution in [0.15, 0.2) is 0 Å². The lowest BCUT2D eigenvalue weighted by Gasteiger charge is -2.60. The minimum absolute atomic E-state index is 0.0358. The Morgan fingerprint density at radius 1 is 1.38 bits per heavy atom. The van der Waals surface area contributed by atoms with E-state index >= 15 is 0 Å². The summed E-state index contributed by atoms with van der Waals surface area (Å²) in [7, 11) is 0. The van der Waals surface area contributed by atoms with Crippen molar-refractivity contribution in [3.63, 3.8) is 0 Å². The van der Waals surface area contributed by atoms with E-state index in [4.69, 9.17) is 15.2 Å². The molecule has 4 atom stereocenters. The lowest BCUT2D eigenvalue weighted by Crippen LogP contribution is -2.74. The number of ether oxygens (including phenoxy) is 2. The van der Waals surface area contributed by atoms with Gasteiger partial charge in [-0.05, 0) is 46.0 Å². The number of amides is 1. The highest BCUT2D eigenvalue weighted by molar-refractivity contribution is 5.69. The number of hydrogen-bond acceptors (Lipinski definition) is 4. The van der Waals surface area contributed by atoms with E-state index in [0.29, 0.717) is 12.5 Å². The number of fused-ring (bicyclic) bond motifs is 2. The van der Waals surface area contributed by atoms with Gasteiger partial charge in [-0.2, -0.15) is 0 Å². The van der Waals surface area contributed by atoms with Crippen LogP contribution >= 0.6 is 0 Å². The summed E-state index contributed by atoms with van der Waals surface area (Å²) in [5.41, 5.74) is 5.98. The zero-order chi connectivity index (χ0) is 15.3. The molecule has 3 fully saturated rings. The molecule has 3 aliphatic rings. The van der Waals surface area contributed by atoms with E-state index in [1.54, 1.807) is 0 Å². The van der Waals surface area contributed by atoms with Crippen LogP contribution in [0, 0.1) is 11.3 Å². The summed E-state index contributed by atoms with van der Waals surface area (Å²) >= 11 is 0. The van der Waals surface area contributed by atoms with Gasteiger partial charge in [-0.25, -0.2) is 4.79 Å². The normalized spacial score (nSPS) is 39.6. The molecular formula is C16H28N2O3. The third-order valence-corrected chi connectivity index (χ3v) is 5.35. The van der Waals surface area contributed by atoms with Gasteiger partial charge in [0.1, 0.15) is 5.60 Å². The van der Waals surface area contributed by atoms with Gasteiger partial charge in [0.25, 0.3) is 0 Å². The van der Waals surface area contributed by atoms with Crippen molar-refractivity contribution in [1.29, 1.82) is 0 Å². The zero-order valence-corrected chi connectivity index (χ0v) is 13.4. The molecule has 3 rings (SSSR count). The Kier molecular flexibility index (Phi) is 3.69. The second-order valence-corrected chi connectivity index (χ2v) is 7.84. The zero-order valence-electron chi connectivity index (χ0n) is 13.4. The van der Waals surface area contributed by atoms with Crippen LogP contribution in [0.4, 0.5) is 4.79 Å². The maximum absolute atomic E-state index is 12.6. The predicted molar refractivity (Wildman–Crippen MR) is 79.9 cm³/mol. The van der Waals surface area contributed by atoms with Crippen molar-refractivity contribution < 1.29 is 14.3 Å². The number of carbonyl (C=O) groups excluding carboxylic acids is 1. The van der Waals surface area contributed by atoms with E-state index in [0.717, 1.165) is 38.8 Å². The first kappa shape index (κ1) is 15.1. The molecule has 0 aromatic heterocycles. The second-order valence-electron chi connectivity index (χ2n) is 7.84. The summed E-state index contributed by atoms with van der Waals surface area (Å²) in [6.07, 6.45) is 4.08. The number of nitrogens with two attached hydrogens (primary N) is 1. The van der Waals surface area contributed by atoms with Gasteiger partial charge in [0.2, 0.25) is 0 Å². The van der Waals surface area contributed by atoms with Gasteiger partial charge >= 0.3 is 6.09 Å². The summed E-state index contributed by atoms with van der Waals surface area (Å²) < 4.78 is 11.3. The van der Waals surface area contributed by atoms with Crippen LogP contribution in [0.5, 0.6) is 0 Å². The average molecular weight is 296 g/mol. The topological polar surface area (TPSA) is 64.8 Å². The number of rotatable bonds is 0. The molecule has 5 nitrogen and oxygen atoms in total. The van der Waals surface area contributed by atoms with Crippen LogP contribution in [0.1, 0.15) is 46.5 Å². The second kappa shape index (κ2) is 5.13. The maximum atomic E-state index is 12.6. The van der Waals surface area contributed by atoms with Crippen molar-refractivity contribution >= 4 is 6.09 Å². The van der Waals surface area contributed by atoms with Crippen LogP contribution in [0.3, 0.4) is 0 Å². The number of nitrogens with zero attached hydrogens (tertiary/aromatic N) is 1. The highest BCUT2D eigenvalue weighted by Gasteiger charge is 2.64. The summed E-state index contributed by atoms with van der Waals surface area (Å²) in [6, 6.07) is 0.361. The molecule has 1 saturated carbocycles. The van der Waals surface area contributed by atoms with Crippen LogP contribution in [-0.2, 0) is 9.47 Å². The SMILES string of the molecule is CC(C)(C)OC(=O)N1CCCCC2C(N)C3(CCOC3)C21. The molecule has 2 aliphatic heterocycles. The molecule has 21 heavy (non-hydrogen) atoms. The molecule has 1 amide bonds. The standard InChI is InChI=1S/C16H28N2O3/c1-15(2,3)21-14(19)18-8-5-4-6-11-12(17)16(13(11)18)7-9-20-10-16/h11-13H,4-10,17H2,1-3H3. The highest BCUT2D eigenvalue weighted by Crippen LogP contribution is 2.55. The maximum Gasteiger partial charge on any atom is 0.410 e. The average Bonchev–Trinajstić information content (AvgIpc) is 2.80. The lowest BCUT2D eigenvalue weighted by atomic mass is 9.52. The highest BCUT2D eigenvalue weighted by atomic mass is 16.6. The van der Waals surface area contributed by atoms with E-state index < -0.39 is 5.60 Å². The Balaban J connectivity index is 1.83. The molecule has 0 aromatic carbocycles.